The summed E-state index contributed by atoms with van der Waals surface area (Å²) in [5, 5.41) is 0. The molecule has 0 unspecified atom stereocenters. The lowest BCUT2D eigenvalue weighted by Crippen LogP contribution is -2.46. The topological polar surface area (TPSA) is 42.0 Å². The summed E-state index contributed by atoms with van der Waals surface area (Å²) in [6.07, 6.45) is 4.97. The molecule has 2 saturated heterocycles. The van der Waals surface area contributed by atoms with Gasteiger partial charge >= 0.3 is 5.97 Å². The first-order valence-electron chi connectivity index (χ1n) is 12.1. The van der Waals surface area contributed by atoms with E-state index in [0.29, 0.717) is 18.2 Å². The summed E-state index contributed by atoms with van der Waals surface area (Å²) in [6.45, 7) is 6.68. The molecule has 6 rings (SSSR count). The molecule has 3 heterocycles. The molecule has 4 aliphatic rings. The molecule has 2 fully saturated rings. The van der Waals surface area contributed by atoms with Crippen LogP contribution in [0.3, 0.4) is 0 Å². The van der Waals surface area contributed by atoms with Gasteiger partial charge in [-0.3, -0.25) is 9.80 Å². The normalized spacial score (nSPS) is 23.9. The minimum absolute atomic E-state index is 0.230. The molecular formula is C27H34N2O3. The highest BCUT2D eigenvalue weighted by Gasteiger charge is 2.31. The molecule has 0 radical (unpaired) electrons. The van der Waals surface area contributed by atoms with Gasteiger partial charge in [-0.05, 0) is 60.4 Å². The van der Waals surface area contributed by atoms with Gasteiger partial charge in [-0.25, -0.2) is 4.79 Å². The van der Waals surface area contributed by atoms with E-state index in [4.69, 9.17) is 9.47 Å². The van der Waals surface area contributed by atoms with Gasteiger partial charge in [-0.2, -0.15) is 0 Å². The van der Waals surface area contributed by atoms with Gasteiger partial charge in [0.15, 0.2) is 0 Å². The molecule has 32 heavy (non-hydrogen) atoms. The minimum Gasteiger partial charge on any atom is -0.461 e. The van der Waals surface area contributed by atoms with Crippen molar-refractivity contribution in [2.24, 2.45) is 5.92 Å². The van der Waals surface area contributed by atoms with Crippen LogP contribution in [0.4, 0.5) is 0 Å². The maximum atomic E-state index is 12.4. The maximum Gasteiger partial charge on any atom is 0.338 e. The zero-order valence-electron chi connectivity index (χ0n) is 18.9. The van der Waals surface area contributed by atoms with Crippen LogP contribution in [0.15, 0.2) is 48.5 Å². The van der Waals surface area contributed by atoms with E-state index in [1.165, 1.54) is 36.9 Å². The molecule has 2 atom stereocenters. The third kappa shape index (κ3) is 5.22. The molecule has 5 heteroatoms. The number of hydrogen-bond donors (Lipinski definition) is 0. The van der Waals surface area contributed by atoms with E-state index in [1.54, 1.807) is 5.56 Å². The maximum absolute atomic E-state index is 12.4. The van der Waals surface area contributed by atoms with E-state index in [0.717, 1.165) is 51.7 Å². The number of fused-ring (bicyclic) bond motifs is 2. The van der Waals surface area contributed by atoms with Crippen molar-refractivity contribution in [3.05, 3.63) is 70.8 Å². The smallest absolute Gasteiger partial charge is 0.338 e. The fourth-order valence-electron chi connectivity index (χ4n) is 5.45. The number of carbonyl (C=O) groups is 1. The fraction of sp³-hybridized carbons (Fsp3) is 0.519. The average molecular weight is 435 g/mol. The Bertz CT molecular complexity index is 907. The molecule has 2 aromatic carbocycles. The Kier molecular flexibility index (Phi) is 6.86. The first-order valence-corrected chi connectivity index (χ1v) is 12.1. The molecule has 2 aromatic rings. The summed E-state index contributed by atoms with van der Waals surface area (Å²) in [5.41, 5.74) is 4.99. The predicted octanol–water partition coefficient (Wildman–Crippen LogP) is 3.56. The van der Waals surface area contributed by atoms with Crippen molar-refractivity contribution in [3.63, 3.8) is 0 Å². The molecule has 0 saturated carbocycles. The Morgan fingerprint density at radius 3 is 2.50 bits per heavy atom. The third-order valence-corrected chi connectivity index (χ3v) is 7.32. The van der Waals surface area contributed by atoms with Crippen LogP contribution in [0.25, 0.3) is 0 Å². The molecule has 1 aliphatic carbocycles. The van der Waals surface area contributed by atoms with Crippen LogP contribution in [0.1, 0.15) is 39.9 Å². The van der Waals surface area contributed by atoms with Crippen molar-refractivity contribution in [1.29, 1.82) is 0 Å². The largest absolute Gasteiger partial charge is 0.461 e. The number of piperidine rings is 1. The van der Waals surface area contributed by atoms with Crippen molar-refractivity contribution in [2.45, 2.75) is 38.3 Å². The second-order valence-corrected chi connectivity index (χ2v) is 9.49. The van der Waals surface area contributed by atoms with Crippen LogP contribution in [0.2, 0.25) is 0 Å². The molecule has 0 N–H and O–H groups in total. The molecule has 2 bridgehead atoms. The quantitative estimate of drug-likeness (QED) is 0.651. The Balaban J connectivity index is 1.15. The minimum atomic E-state index is -0.230. The molecule has 170 valence electrons. The summed E-state index contributed by atoms with van der Waals surface area (Å²) in [4.78, 5) is 17.4. The number of nitrogens with zero attached hydrogens (tertiary/aromatic N) is 2. The van der Waals surface area contributed by atoms with Gasteiger partial charge in [0.05, 0.1) is 18.8 Å². The Morgan fingerprint density at radius 2 is 1.72 bits per heavy atom. The number of benzene rings is 2. The summed E-state index contributed by atoms with van der Waals surface area (Å²) < 4.78 is 10.8. The highest BCUT2D eigenvalue weighted by Crippen LogP contribution is 2.33. The first-order chi connectivity index (χ1) is 15.7. The van der Waals surface area contributed by atoms with Gasteiger partial charge in [-0.1, -0.05) is 36.4 Å². The second-order valence-electron chi connectivity index (χ2n) is 9.49. The number of esters is 1. The molecule has 3 aliphatic heterocycles. The Morgan fingerprint density at radius 1 is 0.969 bits per heavy atom. The Labute approximate surface area is 191 Å². The number of ether oxygens (including phenoxy) is 2. The monoisotopic (exact) mass is 434 g/mol. The van der Waals surface area contributed by atoms with E-state index in [9.17, 15) is 4.79 Å². The summed E-state index contributed by atoms with van der Waals surface area (Å²) >= 11 is 0. The highest BCUT2D eigenvalue weighted by atomic mass is 16.5. The van der Waals surface area contributed by atoms with Gasteiger partial charge in [0, 0.05) is 38.8 Å². The lowest BCUT2D eigenvalue weighted by atomic mass is 9.80. The van der Waals surface area contributed by atoms with Crippen LogP contribution in [0.5, 0.6) is 0 Å². The van der Waals surface area contributed by atoms with Crippen LogP contribution < -0.4 is 0 Å². The Hall–Kier alpha value is -2.21. The average Bonchev–Trinajstić information content (AvgIpc) is 2.81. The van der Waals surface area contributed by atoms with E-state index >= 15 is 0 Å². The number of morpholine rings is 1. The second kappa shape index (κ2) is 10.2. The van der Waals surface area contributed by atoms with Crippen molar-refractivity contribution >= 4 is 5.97 Å². The molecule has 0 spiro atoms. The van der Waals surface area contributed by atoms with Gasteiger partial charge < -0.3 is 9.47 Å². The lowest BCUT2D eigenvalue weighted by Gasteiger charge is -2.42. The zero-order chi connectivity index (χ0) is 21.8. The zero-order valence-corrected chi connectivity index (χ0v) is 18.9. The van der Waals surface area contributed by atoms with Gasteiger partial charge in [0.25, 0.3) is 0 Å². The van der Waals surface area contributed by atoms with Crippen LogP contribution in [-0.4, -0.2) is 67.8 Å². The molecule has 0 amide bonds. The molecular weight excluding hydrogens is 400 g/mol. The van der Waals surface area contributed by atoms with E-state index < -0.39 is 0 Å². The van der Waals surface area contributed by atoms with Gasteiger partial charge in [0.2, 0.25) is 0 Å². The van der Waals surface area contributed by atoms with Crippen molar-refractivity contribution < 1.29 is 14.3 Å². The third-order valence-electron chi connectivity index (χ3n) is 7.32. The van der Waals surface area contributed by atoms with Crippen LogP contribution >= 0.6 is 0 Å². The van der Waals surface area contributed by atoms with E-state index in [2.05, 4.69) is 46.2 Å². The van der Waals surface area contributed by atoms with Gasteiger partial charge in [0.1, 0.15) is 6.61 Å². The lowest BCUT2D eigenvalue weighted by molar-refractivity contribution is 0.0195. The van der Waals surface area contributed by atoms with Crippen molar-refractivity contribution in [3.8, 4) is 0 Å². The molecule has 0 aromatic heterocycles. The SMILES string of the molecule is O=C(OCCN1CCOCC1)c1ccc(CN2C[C@@H]3CC[C@H]2Cc2ccccc2C3)cc1. The van der Waals surface area contributed by atoms with Crippen LogP contribution in [0, 0.1) is 5.92 Å². The van der Waals surface area contributed by atoms with E-state index in [1.807, 2.05) is 12.1 Å². The van der Waals surface area contributed by atoms with Crippen molar-refractivity contribution in [2.75, 3.05) is 46.0 Å². The van der Waals surface area contributed by atoms with Crippen LogP contribution in [-0.2, 0) is 28.9 Å². The van der Waals surface area contributed by atoms with E-state index in [-0.39, 0.29) is 5.97 Å². The van der Waals surface area contributed by atoms with Gasteiger partial charge in [-0.15, -0.1) is 0 Å². The standard InChI is InChI=1S/C27H34N2O3/c30-27(32-16-13-28-11-14-31-15-12-28)23-8-5-21(6-9-23)19-29-20-22-7-10-26(29)18-25-4-2-1-3-24(25)17-22/h1-6,8-9,22,26H,7,10-20H2/t22-,26+/m1/s1. The highest BCUT2D eigenvalue weighted by molar-refractivity contribution is 5.89. The van der Waals surface area contributed by atoms with Crippen molar-refractivity contribution in [1.82, 2.24) is 9.80 Å². The summed E-state index contributed by atoms with van der Waals surface area (Å²) in [5.74, 6) is 0.514. The number of rotatable bonds is 6. The number of hydrogen-bond acceptors (Lipinski definition) is 5. The predicted molar refractivity (Wildman–Crippen MR) is 125 cm³/mol. The molecule has 5 nitrogen and oxygen atoms in total. The number of carbonyl (C=O) groups excluding carboxylic acids is 1. The fourth-order valence-corrected chi connectivity index (χ4v) is 5.45. The summed E-state index contributed by atoms with van der Waals surface area (Å²) in [7, 11) is 0. The first kappa shape index (κ1) is 21.6. The summed E-state index contributed by atoms with van der Waals surface area (Å²) in [6, 6.07) is 17.6.